The Bertz CT molecular complexity index is 963. The van der Waals surface area contributed by atoms with Crippen molar-refractivity contribution in [3.63, 3.8) is 0 Å². The summed E-state index contributed by atoms with van der Waals surface area (Å²) in [6.45, 7) is 5.72. The van der Waals surface area contributed by atoms with E-state index < -0.39 is 0 Å². The van der Waals surface area contributed by atoms with Crippen molar-refractivity contribution in [3.8, 4) is 0 Å². The number of aromatic nitrogens is 3. The minimum Gasteiger partial charge on any atom is -0.338 e. The molecule has 26 heavy (non-hydrogen) atoms. The Kier molecular flexibility index (Phi) is 4.02. The molecule has 1 atom stereocenters. The lowest BCUT2D eigenvalue weighted by atomic mass is 9.78. The van der Waals surface area contributed by atoms with E-state index in [0.29, 0.717) is 6.54 Å². The molecule has 5 heteroatoms. The molecule has 1 aliphatic heterocycles. The summed E-state index contributed by atoms with van der Waals surface area (Å²) in [5.41, 5.74) is 3.56. The molecule has 1 aromatic carbocycles. The van der Waals surface area contributed by atoms with Gasteiger partial charge < -0.3 is 4.90 Å². The maximum Gasteiger partial charge on any atom is 0.253 e. The maximum absolute atomic E-state index is 12.9. The molecule has 1 aliphatic rings. The lowest BCUT2D eigenvalue weighted by Crippen LogP contribution is -2.47. The summed E-state index contributed by atoms with van der Waals surface area (Å²) < 4.78 is 1.84. The Hall–Kier alpha value is -2.69. The van der Waals surface area contributed by atoms with Crippen molar-refractivity contribution >= 4 is 16.9 Å². The second-order valence-corrected chi connectivity index (χ2v) is 7.53. The van der Waals surface area contributed by atoms with Gasteiger partial charge in [-0.2, -0.15) is 5.10 Å². The molecule has 1 fully saturated rings. The highest BCUT2D eigenvalue weighted by Crippen LogP contribution is 2.34. The summed E-state index contributed by atoms with van der Waals surface area (Å²) >= 11 is 0. The Morgan fingerprint density at radius 1 is 1.15 bits per heavy atom. The first-order valence-corrected chi connectivity index (χ1v) is 9.13. The van der Waals surface area contributed by atoms with Crippen molar-refractivity contribution in [1.29, 1.82) is 0 Å². The Morgan fingerprint density at radius 2 is 1.92 bits per heavy atom. The first-order chi connectivity index (χ1) is 12.5. The Labute approximate surface area is 153 Å². The minimum atomic E-state index is -0.144. The van der Waals surface area contributed by atoms with E-state index in [9.17, 15) is 4.79 Å². The van der Waals surface area contributed by atoms with Crippen LogP contribution >= 0.6 is 0 Å². The van der Waals surface area contributed by atoms with Crippen LogP contribution in [0.15, 0.2) is 42.5 Å². The second kappa shape index (κ2) is 6.24. The third kappa shape index (κ3) is 2.77. The normalized spacial score (nSPS) is 20.5. The van der Waals surface area contributed by atoms with Crippen LogP contribution in [-0.4, -0.2) is 38.7 Å². The molecule has 0 spiro atoms. The van der Waals surface area contributed by atoms with Gasteiger partial charge in [-0.25, -0.2) is 4.98 Å². The highest BCUT2D eigenvalue weighted by Gasteiger charge is 2.36. The monoisotopic (exact) mass is 348 g/mol. The van der Waals surface area contributed by atoms with Crippen molar-refractivity contribution in [2.75, 3.05) is 13.1 Å². The summed E-state index contributed by atoms with van der Waals surface area (Å²) in [6, 6.07) is 13.8. The standard InChI is InChI=1S/C21H24N4O/c1-15-17-10-11-18(22-19(17)24(3)23-15)21(2)12-7-13-25(14-21)20(26)16-8-5-4-6-9-16/h4-6,8-11H,7,12-14H2,1-3H3/t21-/m1/s1. The van der Waals surface area contributed by atoms with Crippen LogP contribution in [0, 0.1) is 6.92 Å². The van der Waals surface area contributed by atoms with Gasteiger partial charge in [0.05, 0.1) is 11.4 Å². The van der Waals surface area contributed by atoms with E-state index in [1.165, 1.54) is 0 Å². The summed E-state index contributed by atoms with van der Waals surface area (Å²) in [7, 11) is 1.93. The molecule has 0 aliphatic carbocycles. The Morgan fingerprint density at radius 3 is 2.69 bits per heavy atom. The average molecular weight is 348 g/mol. The molecule has 3 aromatic rings. The fourth-order valence-electron chi connectivity index (χ4n) is 4.03. The minimum absolute atomic E-state index is 0.106. The van der Waals surface area contributed by atoms with Crippen LogP contribution in [0.4, 0.5) is 0 Å². The van der Waals surface area contributed by atoms with E-state index in [-0.39, 0.29) is 11.3 Å². The molecular weight excluding hydrogens is 324 g/mol. The number of pyridine rings is 1. The van der Waals surface area contributed by atoms with Crippen LogP contribution in [0.25, 0.3) is 11.0 Å². The number of aryl methyl sites for hydroxylation is 2. The second-order valence-electron chi connectivity index (χ2n) is 7.53. The highest BCUT2D eigenvalue weighted by molar-refractivity contribution is 5.94. The zero-order valence-electron chi connectivity index (χ0n) is 15.6. The molecule has 0 saturated carbocycles. The number of carbonyl (C=O) groups excluding carboxylic acids is 1. The van der Waals surface area contributed by atoms with Gasteiger partial charge >= 0.3 is 0 Å². The van der Waals surface area contributed by atoms with E-state index in [1.807, 2.05) is 53.9 Å². The smallest absolute Gasteiger partial charge is 0.253 e. The zero-order valence-corrected chi connectivity index (χ0v) is 15.6. The van der Waals surface area contributed by atoms with Crippen LogP contribution in [0.2, 0.25) is 0 Å². The van der Waals surface area contributed by atoms with Gasteiger partial charge in [-0.15, -0.1) is 0 Å². The van der Waals surface area contributed by atoms with Crippen LogP contribution < -0.4 is 0 Å². The molecular formula is C21H24N4O. The van der Waals surface area contributed by atoms with Crippen LogP contribution in [0.5, 0.6) is 0 Å². The largest absolute Gasteiger partial charge is 0.338 e. The average Bonchev–Trinajstić information content (AvgIpc) is 2.95. The molecule has 2 aromatic heterocycles. The topological polar surface area (TPSA) is 51.0 Å². The summed E-state index contributed by atoms with van der Waals surface area (Å²) in [6.07, 6.45) is 2.01. The van der Waals surface area contributed by atoms with Gasteiger partial charge in [0, 0.05) is 36.5 Å². The van der Waals surface area contributed by atoms with Crippen LogP contribution in [0.3, 0.4) is 0 Å². The fraction of sp³-hybridized carbons (Fsp3) is 0.381. The lowest BCUT2D eigenvalue weighted by molar-refractivity contribution is 0.0648. The fourth-order valence-corrected chi connectivity index (χ4v) is 4.03. The number of hydrogen-bond donors (Lipinski definition) is 0. The number of carbonyl (C=O) groups is 1. The lowest BCUT2D eigenvalue weighted by Gasteiger charge is -2.40. The maximum atomic E-state index is 12.9. The van der Waals surface area contributed by atoms with Gasteiger partial charge in [-0.05, 0) is 44.0 Å². The predicted molar refractivity (Wildman–Crippen MR) is 102 cm³/mol. The summed E-state index contributed by atoms with van der Waals surface area (Å²) in [5, 5.41) is 5.56. The van der Waals surface area contributed by atoms with Gasteiger partial charge in [0.15, 0.2) is 5.65 Å². The van der Waals surface area contributed by atoms with Gasteiger partial charge in [-0.1, -0.05) is 25.1 Å². The van der Waals surface area contributed by atoms with Crippen molar-refractivity contribution in [2.45, 2.75) is 32.1 Å². The third-order valence-corrected chi connectivity index (χ3v) is 5.49. The molecule has 1 saturated heterocycles. The number of hydrogen-bond acceptors (Lipinski definition) is 3. The number of amides is 1. The molecule has 134 valence electrons. The van der Waals surface area contributed by atoms with E-state index >= 15 is 0 Å². The zero-order chi connectivity index (χ0) is 18.3. The number of benzene rings is 1. The number of nitrogens with zero attached hydrogens (tertiary/aromatic N) is 4. The molecule has 5 nitrogen and oxygen atoms in total. The van der Waals surface area contributed by atoms with Crippen molar-refractivity contribution < 1.29 is 4.79 Å². The van der Waals surface area contributed by atoms with Gasteiger partial charge in [0.25, 0.3) is 5.91 Å². The van der Waals surface area contributed by atoms with Gasteiger partial charge in [-0.3, -0.25) is 9.48 Å². The van der Waals surface area contributed by atoms with Gasteiger partial charge in [0.2, 0.25) is 0 Å². The quantitative estimate of drug-likeness (QED) is 0.712. The summed E-state index contributed by atoms with van der Waals surface area (Å²) in [4.78, 5) is 19.8. The molecule has 0 unspecified atom stereocenters. The summed E-state index contributed by atoms with van der Waals surface area (Å²) in [5.74, 6) is 0.106. The van der Waals surface area contributed by atoms with E-state index in [1.54, 1.807) is 0 Å². The first-order valence-electron chi connectivity index (χ1n) is 9.13. The predicted octanol–water partition coefficient (Wildman–Crippen LogP) is 3.47. The molecule has 0 N–H and O–H groups in total. The number of fused-ring (bicyclic) bond motifs is 1. The van der Waals surface area contributed by atoms with E-state index in [0.717, 1.165) is 47.4 Å². The Balaban J connectivity index is 1.65. The van der Waals surface area contributed by atoms with Gasteiger partial charge in [0.1, 0.15) is 0 Å². The SMILES string of the molecule is Cc1nn(C)c2nc([C@]3(C)CCCN(C(=O)c4ccccc4)C3)ccc12. The van der Waals surface area contributed by atoms with Crippen molar-refractivity contribution in [3.05, 3.63) is 59.4 Å². The first kappa shape index (κ1) is 16.8. The van der Waals surface area contributed by atoms with Crippen molar-refractivity contribution in [1.82, 2.24) is 19.7 Å². The van der Waals surface area contributed by atoms with E-state index in [2.05, 4.69) is 24.2 Å². The molecule has 1 amide bonds. The van der Waals surface area contributed by atoms with Crippen molar-refractivity contribution in [2.24, 2.45) is 7.05 Å². The third-order valence-electron chi connectivity index (χ3n) is 5.49. The molecule has 4 rings (SSSR count). The van der Waals surface area contributed by atoms with Crippen LogP contribution in [0.1, 0.15) is 41.5 Å². The number of likely N-dealkylation sites (tertiary alicyclic amines) is 1. The van der Waals surface area contributed by atoms with Crippen LogP contribution in [-0.2, 0) is 12.5 Å². The molecule has 3 heterocycles. The molecule has 0 radical (unpaired) electrons. The van der Waals surface area contributed by atoms with E-state index in [4.69, 9.17) is 4.98 Å². The molecule has 0 bridgehead atoms. The highest BCUT2D eigenvalue weighted by atomic mass is 16.2. The number of rotatable bonds is 2. The number of piperidine rings is 1.